The summed E-state index contributed by atoms with van der Waals surface area (Å²) in [5.74, 6) is 0.825. The Kier molecular flexibility index (Phi) is 3.86. The minimum atomic E-state index is 0.825. The third-order valence-corrected chi connectivity index (χ3v) is 3.77. The standard InChI is InChI=1S/C17H19N3O/c1-20-11-3-4-13-12-15(7-10-17(13)20)19-18-14-5-8-16(21-2)9-6-14/h5-10,12H,3-4,11H2,1-2H3. The van der Waals surface area contributed by atoms with Crippen molar-refractivity contribution < 1.29 is 4.74 Å². The van der Waals surface area contributed by atoms with Gasteiger partial charge in [0.15, 0.2) is 0 Å². The van der Waals surface area contributed by atoms with Crippen LogP contribution in [0, 0.1) is 0 Å². The maximum Gasteiger partial charge on any atom is 0.119 e. The number of aryl methyl sites for hydroxylation is 1. The Labute approximate surface area is 125 Å². The molecule has 0 radical (unpaired) electrons. The van der Waals surface area contributed by atoms with Gasteiger partial charge in [0.05, 0.1) is 18.5 Å². The SMILES string of the molecule is COc1ccc(N=Nc2ccc3c(c2)CCCN3C)cc1. The molecule has 0 aromatic heterocycles. The Balaban J connectivity index is 1.79. The summed E-state index contributed by atoms with van der Waals surface area (Å²) >= 11 is 0. The van der Waals surface area contributed by atoms with Gasteiger partial charge in [-0.2, -0.15) is 10.2 Å². The van der Waals surface area contributed by atoms with Crippen molar-refractivity contribution in [3.8, 4) is 5.75 Å². The predicted octanol–water partition coefficient (Wildman–Crippen LogP) is 4.49. The minimum absolute atomic E-state index is 0.825. The Morgan fingerprint density at radius 2 is 1.71 bits per heavy atom. The van der Waals surface area contributed by atoms with Crippen LogP contribution >= 0.6 is 0 Å². The first-order valence-electron chi connectivity index (χ1n) is 7.16. The van der Waals surface area contributed by atoms with E-state index in [0.717, 1.165) is 30.1 Å². The average Bonchev–Trinajstić information content (AvgIpc) is 2.53. The van der Waals surface area contributed by atoms with E-state index in [9.17, 15) is 0 Å². The van der Waals surface area contributed by atoms with Crippen LogP contribution in [0.1, 0.15) is 12.0 Å². The van der Waals surface area contributed by atoms with Gasteiger partial charge in [0.1, 0.15) is 5.75 Å². The first-order chi connectivity index (χ1) is 10.3. The molecule has 1 heterocycles. The fraction of sp³-hybridized carbons (Fsp3) is 0.294. The van der Waals surface area contributed by atoms with Crippen LogP contribution in [-0.2, 0) is 6.42 Å². The lowest BCUT2D eigenvalue weighted by atomic mass is 10.0. The normalized spacial score (nSPS) is 14.3. The van der Waals surface area contributed by atoms with E-state index in [1.165, 1.54) is 17.7 Å². The van der Waals surface area contributed by atoms with Crippen molar-refractivity contribution in [2.45, 2.75) is 12.8 Å². The molecule has 4 heteroatoms. The highest BCUT2D eigenvalue weighted by Gasteiger charge is 2.13. The molecular formula is C17H19N3O. The van der Waals surface area contributed by atoms with Gasteiger partial charge >= 0.3 is 0 Å². The third-order valence-electron chi connectivity index (χ3n) is 3.77. The zero-order chi connectivity index (χ0) is 14.7. The molecule has 0 atom stereocenters. The highest BCUT2D eigenvalue weighted by Crippen LogP contribution is 2.30. The summed E-state index contributed by atoms with van der Waals surface area (Å²) in [7, 11) is 3.79. The maximum atomic E-state index is 5.13. The molecule has 0 aliphatic carbocycles. The van der Waals surface area contributed by atoms with Crippen LogP contribution in [0.4, 0.5) is 17.1 Å². The second-order valence-corrected chi connectivity index (χ2v) is 5.24. The van der Waals surface area contributed by atoms with Crippen molar-refractivity contribution in [3.63, 3.8) is 0 Å². The summed E-state index contributed by atoms with van der Waals surface area (Å²) in [6.45, 7) is 1.12. The van der Waals surface area contributed by atoms with E-state index < -0.39 is 0 Å². The molecule has 0 saturated heterocycles. The highest BCUT2D eigenvalue weighted by atomic mass is 16.5. The molecule has 2 aromatic rings. The van der Waals surface area contributed by atoms with Crippen LogP contribution in [-0.4, -0.2) is 20.7 Å². The van der Waals surface area contributed by atoms with Gasteiger partial charge < -0.3 is 9.64 Å². The number of fused-ring (bicyclic) bond motifs is 1. The second-order valence-electron chi connectivity index (χ2n) is 5.24. The summed E-state index contributed by atoms with van der Waals surface area (Å²) in [6.07, 6.45) is 2.31. The van der Waals surface area contributed by atoms with Gasteiger partial charge in [-0.15, -0.1) is 0 Å². The van der Waals surface area contributed by atoms with Crippen molar-refractivity contribution in [1.29, 1.82) is 0 Å². The number of methoxy groups -OCH3 is 1. The zero-order valence-electron chi connectivity index (χ0n) is 12.4. The van der Waals surface area contributed by atoms with E-state index in [4.69, 9.17) is 4.74 Å². The summed E-state index contributed by atoms with van der Waals surface area (Å²) in [4.78, 5) is 2.29. The summed E-state index contributed by atoms with van der Waals surface area (Å²) in [6, 6.07) is 13.9. The molecule has 108 valence electrons. The summed E-state index contributed by atoms with van der Waals surface area (Å²) in [5, 5.41) is 8.61. The first-order valence-corrected chi connectivity index (χ1v) is 7.16. The molecule has 0 N–H and O–H groups in total. The molecule has 1 aliphatic rings. The monoisotopic (exact) mass is 281 g/mol. The molecule has 0 fully saturated rings. The van der Waals surface area contributed by atoms with Crippen LogP contribution in [0.5, 0.6) is 5.75 Å². The molecule has 3 rings (SSSR count). The van der Waals surface area contributed by atoms with Crippen LogP contribution in [0.15, 0.2) is 52.7 Å². The molecule has 21 heavy (non-hydrogen) atoms. The van der Waals surface area contributed by atoms with E-state index in [1.807, 2.05) is 30.3 Å². The van der Waals surface area contributed by atoms with E-state index in [2.05, 4.69) is 34.3 Å². The molecule has 0 bridgehead atoms. The Morgan fingerprint density at radius 1 is 1.00 bits per heavy atom. The number of azo groups is 1. The van der Waals surface area contributed by atoms with Gasteiger partial charge in [-0.05, 0) is 60.9 Å². The Morgan fingerprint density at radius 3 is 2.48 bits per heavy atom. The number of anilines is 1. The maximum absolute atomic E-state index is 5.13. The molecule has 0 amide bonds. The van der Waals surface area contributed by atoms with Crippen LogP contribution in [0.3, 0.4) is 0 Å². The fourth-order valence-electron chi connectivity index (χ4n) is 2.60. The van der Waals surface area contributed by atoms with E-state index in [1.54, 1.807) is 7.11 Å². The number of hydrogen-bond donors (Lipinski definition) is 0. The van der Waals surface area contributed by atoms with Gasteiger partial charge in [-0.1, -0.05) is 0 Å². The van der Waals surface area contributed by atoms with Crippen LogP contribution in [0.25, 0.3) is 0 Å². The summed E-state index contributed by atoms with van der Waals surface area (Å²) < 4.78 is 5.13. The molecule has 4 nitrogen and oxygen atoms in total. The topological polar surface area (TPSA) is 37.2 Å². The van der Waals surface area contributed by atoms with Crippen molar-refractivity contribution in [3.05, 3.63) is 48.0 Å². The van der Waals surface area contributed by atoms with Crippen LogP contribution in [0.2, 0.25) is 0 Å². The van der Waals surface area contributed by atoms with Gasteiger partial charge in [0.2, 0.25) is 0 Å². The van der Waals surface area contributed by atoms with E-state index >= 15 is 0 Å². The quantitative estimate of drug-likeness (QED) is 0.777. The van der Waals surface area contributed by atoms with Gasteiger partial charge in [0, 0.05) is 19.3 Å². The molecule has 0 unspecified atom stereocenters. The van der Waals surface area contributed by atoms with Gasteiger partial charge in [0.25, 0.3) is 0 Å². The third kappa shape index (κ3) is 3.05. The zero-order valence-corrected chi connectivity index (χ0v) is 12.4. The van der Waals surface area contributed by atoms with Crippen molar-refractivity contribution in [2.24, 2.45) is 10.2 Å². The Bertz CT molecular complexity index is 650. The highest BCUT2D eigenvalue weighted by molar-refractivity contribution is 5.60. The smallest absolute Gasteiger partial charge is 0.119 e. The number of benzene rings is 2. The lowest BCUT2D eigenvalue weighted by molar-refractivity contribution is 0.415. The number of rotatable bonds is 3. The molecule has 0 saturated carbocycles. The number of ether oxygens (including phenoxy) is 1. The van der Waals surface area contributed by atoms with Crippen LogP contribution < -0.4 is 9.64 Å². The number of hydrogen-bond acceptors (Lipinski definition) is 4. The van der Waals surface area contributed by atoms with Crippen molar-refractivity contribution >= 4 is 17.1 Å². The largest absolute Gasteiger partial charge is 0.497 e. The molecule has 0 spiro atoms. The van der Waals surface area contributed by atoms with Crippen molar-refractivity contribution in [1.82, 2.24) is 0 Å². The summed E-state index contributed by atoms with van der Waals surface area (Å²) in [5.41, 5.74) is 4.39. The average molecular weight is 281 g/mol. The lowest BCUT2D eigenvalue weighted by Crippen LogP contribution is -2.24. The molecule has 2 aromatic carbocycles. The van der Waals surface area contributed by atoms with Crippen molar-refractivity contribution in [2.75, 3.05) is 25.6 Å². The minimum Gasteiger partial charge on any atom is -0.497 e. The van der Waals surface area contributed by atoms with E-state index in [-0.39, 0.29) is 0 Å². The van der Waals surface area contributed by atoms with Gasteiger partial charge in [-0.25, -0.2) is 0 Å². The van der Waals surface area contributed by atoms with E-state index in [0.29, 0.717) is 0 Å². The second kappa shape index (κ2) is 5.95. The fourth-order valence-corrected chi connectivity index (χ4v) is 2.60. The van der Waals surface area contributed by atoms with Gasteiger partial charge in [-0.3, -0.25) is 0 Å². The number of nitrogens with zero attached hydrogens (tertiary/aromatic N) is 3. The Hall–Kier alpha value is -2.36. The predicted molar refractivity (Wildman–Crippen MR) is 85.2 cm³/mol. The first kappa shape index (κ1) is 13.6. The lowest BCUT2D eigenvalue weighted by Gasteiger charge is -2.27. The molecule has 1 aliphatic heterocycles. The molecular weight excluding hydrogens is 262 g/mol.